The molecule has 8 heteroatoms. The first-order valence-electron chi connectivity index (χ1n) is 9.24. The van der Waals surface area contributed by atoms with Crippen molar-refractivity contribution in [2.75, 3.05) is 0 Å². The number of thiophene rings is 1. The third kappa shape index (κ3) is 3.68. The topological polar surface area (TPSA) is 76.9 Å². The second kappa shape index (κ2) is 7.52. The Balaban J connectivity index is 1.46. The second-order valence-corrected chi connectivity index (χ2v) is 9.11. The van der Waals surface area contributed by atoms with Crippen molar-refractivity contribution in [3.8, 4) is 0 Å². The van der Waals surface area contributed by atoms with Crippen LogP contribution in [0.4, 0.5) is 0 Å². The Morgan fingerprint density at radius 3 is 2.96 bits per heavy atom. The Kier molecular flexibility index (Phi) is 5.10. The SMILES string of the molecule is Cc1nc(C(C)NC(=O)CCn2cnc3sc4c(c3c2=O)CCCC4)cs1. The van der Waals surface area contributed by atoms with Crippen molar-refractivity contribution in [2.45, 2.75) is 58.5 Å². The van der Waals surface area contributed by atoms with Gasteiger partial charge in [-0.15, -0.1) is 22.7 Å². The van der Waals surface area contributed by atoms with Gasteiger partial charge in [0.15, 0.2) is 0 Å². The van der Waals surface area contributed by atoms with Crippen molar-refractivity contribution in [3.63, 3.8) is 0 Å². The third-order valence-corrected chi connectivity index (χ3v) is 6.97. The molecule has 27 heavy (non-hydrogen) atoms. The quantitative estimate of drug-likeness (QED) is 0.710. The minimum atomic E-state index is -0.135. The molecule has 4 rings (SSSR count). The van der Waals surface area contributed by atoms with Crippen LogP contribution >= 0.6 is 22.7 Å². The number of nitrogens with one attached hydrogen (secondary N) is 1. The monoisotopic (exact) mass is 402 g/mol. The van der Waals surface area contributed by atoms with Gasteiger partial charge in [-0.25, -0.2) is 9.97 Å². The molecule has 3 aromatic rings. The van der Waals surface area contributed by atoms with E-state index in [4.69, 9.17) is 0 Å². The summed E-state index contributed by atoms with van der Waals surface area (Å²) in [6.45, 7) is 4.20. The van der Waals surface area contributed by atoms with E-state index in [1.165, 1.54) is 16.9 Å². The van der Waals surface area contributed by atoms with Gasteiger partial charge >= 0.3 is 0 Å². The smallest absolute Gasteiger partial charge is 0.262 e. The molecule has 1 unspecified atom stereocenters. The van der Waals surface area contributed by atoms with Gasteiger partial charge in [-0.2, -0.15) is 0 Å². The van der Waals surface area contributed by atoms with Crippen LogP contribution in [0.2, 0.25) is 0 Å². The molecule has 0 fully saturated rings. The Bertz CT molecular complexity index is 1050. The van der Waals surface area contributed by atoms with E-state index in [1.54, 1.807) is 33.6 Å². The van der Waals surface area contributed by atoms with Crippen LogP contribution in [0.25, 0.3) is 10.2 Å². The molecule has 0 bridgehead atoms. The Hall–Kier alpha value is -2.06. The molecule has 0 saturated carbocycles. The lowest BCUT2D eigenvalue weighted by atomic mass is 9.97. The zero-order chi connectivity index (χ0) is 19.0. The maximum absolute atomic E-state index is 12.9. The standard InChI is InChI=1S/C19H22N4O2S2/c1-11(14-9-26-12(2)22-14)21-16(24)7-8-23-10-20-18-17(19(23)25)13-5-3-4-6-15(13)27-18/h9-11H,3-8H2,1-2H3,(H,21,24). The van der Waals surface area contributed by atoms with Gasteiger partial charge < -0.3 is 5.32 Å². The average Bonchev–Trinajstić information content (AvgIpc) is 3.25. The summed E-state index contributed by atoms with van der Waals surface area (Å²) in [7, 11) is 0. The number of carbonyl (C=O) groups excluding carboxylic acids is 1. The van der Waals surface area contributed by atoms with Gasteiger partial charge in [0.1, 0.15) is 4.83 Å². The molecule has 142 valence electrons. The van der Waals surface area contributed by atoms with E-state index in [9.17, 15) is 9.59 Å². The maximum atomic E-state index is 12.9. The average molecular weight is 403 g/mol. The zero-order valence-corrected chi connectivity index (χ0v) is 17.1. The van der Waals surface area contributed by atoms with Gasteiger partial charge in [-0.05, 0) is 45.1 Å². The highest BCUT2D eigenvalue weighted by Gasteiger charge is 2.20. The highest BCUT2D eigenvalue weighted by molar-refractivity contribution is 7.18. The van der Waals surface area contributed by atoms with E-state index < -0.39 is 0 Å². The predicted octanol–water partition coefficient (Wildman–Crippen LogP) is 3.37. The number of hydrogen-bond donors (Lipinski definition) is 1. The number of aryl methyl sites for hydroxylation is 4. The van der Waals surface area contributed by atoms with Crippen molar-refractivity contribution in [2.24, 2.45) is 0 Å². The van der Waals surface area contributed by atoms with E-state index >= 15 is 0 Å². The molecule has 1 atom stereocenters. The Morgan fingerprint density at radius 1 is 1.37 bits per heavy atom. The molecule has 6 nitrogen and oxygen atoms in total. The fraction of sp³-hybridized carbons (Fsp3) is 0.474. The van der Waals surface area contributed by atoms with Gasteiger partial charge in [0.2, 0.25) is 5.91 Å². The summed E-state index contributed by atoms with van der Waals surface area (Å²) in [4.78, 5) is 36.2. The number of hydrogen-bond acceptors (Lipinski definition) is 6. The van der Waals surface area contributed by atoms with Crippen molar-refractivity contribution in [1.29, 1.82) is 0 Å². The fourth-order valence-corrected chi connectivity index (χ4v) is 5.45. The molecular formula is C19H22N4O2S2. The number of fused-ring (bicyclic) bond motifs is 3. The normalized spacial score (nSPS) is 14.9. The molecule has 3 aromatic heterocycles. The molecule has 0 aliphatic heterocycles. The zero-order valence-electron chi connectivity index (χ0n) is 15.4. The van der Waals surface area contributed by atoms with E-state index in [0.717, 1.165) is 40.2 Å². The Morgan fingerprint density at radius 2 is 2.19 bits per heavy atom. The molecule has 0 aromatic carbocycles. The predicted molar refractivity (Wildman–Crippen MR) is 109 cm³/mol. The van der Waals surface area contributed by atoms with Crippen LogP contribution in [0.1, 0.15) is 53.4 Å². The number of thiazole rings is 1. The fourth-order valence-electron chi connectivity index (χ4n) is 3.53. The van der Waals surface area contributed by atoms with Gasteiger partial charge in [0.05, 0.1) is 28.5 Å². The van der Waals surface area contributed by atoms with E-state index in [-0.39, 0.29) is 23.9 Å². The summed E-state index contributed by atoms with van der Waals surface area (Å²) in [5.74, 6) is -0.0903. The van der Waals surface area contributed by atoms with Crippen molar-refractivity contribution >= 4 is 38.8 Å². The maximum Gasteiger partial charge on any atom is 0.262 e. The number of carbonyl (C=O) groups is 1. The number of aromatic nitrogens is 3. The summed E-state index contributed by atoms with van der Waals surface area (Å²) in [5.41, 5.74) is 2.04. The summed E-state index contributed by atoms with van der Waals surface area (Å²) in [6.07, 6.45) is 6.14. The first-order chi connectivity index (χ1) is 13.0. The molecule has 3 heterocycles. The van der Waals surface area contributed by atoms with Crippen LogP contribution in [0, 0.1) is 6.92 Å². The summed E-state index contributed by atoms with van der Waals surface area (Å²) >= 11 is 3.22. The van der Waals surface area contributed by atoms with Crippen LogP contribution in [-0.4, -0.2) is 20.4 Å². The number of rotatable bonds is 5. The first-order valence-corrected chi connectivity index (χ1v) is 10.9. The van der Waals surface area contributed by atoms with Gasteiger partial charge in [-0.3, -0.25) is 14.2 Å². The third-order valence-electron chi connectivity index (χ3n) is 4.98. The number of nitrogens with zero attached hydrogens (tertiary/aromatic N) is 3. The largest absolute Gasteiger partial charge is 0.348 e. The van der Waals surface area contributed by atoms with Crippen molar-refractivity contribution in [1.82, 2.24) is 19.9 Å². The van der Waals surface area contributed by atoms with Crippen molar-refractivity contribution in [3.05, 3.63) is 43.2 Å². The van der Waals surface area contributed by atoms with Crippen LogP contribution in [0.3, 0.4) is 0 Å². The van der Waals surface area contributed by atoms with E-state index in [2.05, 4.69) is 15.3 Å². The van der Waals surface area contributed by atoms with Crippen LogP contribution in [-0.2, 0) is 24.2 Å². The molecule has 1 aliphatic rings. The molecular weight excluding hydrogens is 380 g/mol. The molecule has 0 radical (unpaired) electrons. The molecule has 1 aliphatic carbocycles. The summed E-state index contributed by atoms with van der Waals surface area (Å²) in [5, 5.41) is 6.66. The van der Waals surface area contributed by atoms with Gasteiger partial charge in [-0.1, -0.05) is 0 Å². The van der Waals surface area contributed by atoms with Crippen LogP contribution < -0.4 is 10.9 Å². The van der Waals surface area contributed by atoms with Gasteiger partial charge in [0.25, 0.3) is 5.56 Å². The lowest BCUT2D eigenvalue weighted by Crippen LogP contribution is -2.29. The minimum absolute atomic E-state index is 0.0182. The van der Waals surface area contributed by atoms with Crippen LogP contribution in [0.5, 0.6) is 0 Å². The molecule has 0 spiro atoms. The van der Waals surface area contributed by atoms with Crippen LogP contribution in [0.15, 0.2) is 16.5 Å². The minimum Gasteiger partial charge on any atom is -0.348 e. The first kappa shape index (κ1) is 18.3. The lowest BCUT2D eigenvalue weighted by Gasteiger charge is -2.12. The molecule has 1 amide bonds. The molecule has 0 saturated heterocycles. The second-order valence-electron chi connectivity index (χ2n) is 6.96. The van der Waals surface area contributed by atoms with Crippen molar-refractivity contribution < 1.29 is 4.79 Å². The summed E-state index contributed by atoms with van der Waals surface area (Å²) < 4.78 is 1.57. The lowest BCUT2D eigenvalue weighted by molar-refractivity contribution is -0.122. The van der Waals surface area contributed by atoms with Gasteiger partial charge in [0, 0.05) is 23.2 Å². The highest BCUT2D eigenvalue weighted by Crippen LogP contribution is 2.33. The molecule has 1 N–H and O–H groups in total. The summed E-state index contributed by atoms with van der Waals surface area (Å²) in [6, 6.07) is -0.135. The Labute approximate surface area is 165 Å². The van der Waals surface area contributed by atoms with E-state index in [0.29, 0.717) is 6.54 Å². The highest BCUT2D eigenvalue weighted by atomic mass is 32.1. The van der Waals surface area contributed by atoms with E-state index in [1.807, 2.05) is 19.2 Å². The number of amides is 1.